The minimum atomic E-state index is -0.950. The van der Waals surface area contributed by atoms with Gasteiger partial charge >= 0.3 is 5.97 Å². The molecule has 3 aliphatic heterocycles. The maximum atomic E-state index is 14.9. The number of thioether (sulfide) groups is 1. The van der Waals surface area contributed by atoms with Crippen LogP contribution in [0.2, 0.25) is 5.02 Å². The zero-order valence-corrected chi connectivity index (χ0v) is 25.4. The van der Waals surface area contributed by atoms with E-state index in [4.69, 9.17) is 16.3 Å². The summed E-state index contributed by atoms with van der Waals surface area (Å²) in [5.74, 6) is -2.51. The molecule has 0 saturated carbocycles. The average molecular weight is 609 g/mol. The van der Waals surface area contributed by atoms with Crippen LogP contribution < -0.4 is 4.90 Å². The van der Waals surface area contributed by atoms with E-state index in [1.807, 2.05) is 37.3 Å². The summed E-state index contributed by atoms with van der Waals surface area (Å²) in [6.45, 7) is 9.63. The Morgan fingerprint density at radius 2 is 1.88 bits per heavy atom. The lowest BCUT2D eigenvalue weighted by molar-refractivity contribution is -0.156. The smallest absolute Gasteiger partial charge is 0.311 e. The summed E-state index contributed by atoms with van der Waals surface area (Å²) < 4.78 is 4.29. The number of aliphatic hydroxyl groups is 1. The number of carbonyl (C=O) groups is 3. The maximum Gasteiger partial charge on any atom is 0.311 e. The van der Waals surface area contributed by atoms with Gasteiger partial charge in [-0.2, -0.15) is 0 Å². The van der Waals surface area contributed by atoms with Gasteiger partial charge in [-0.1, -0.05) is 66.2 Å². The molecule has 6 atom stereocenters. The molecule has 222 valence electrons. The molecule has 1 N–H and O–H groups in total. The van der Waals surface area contributed by atoms with Crippen molar-refractivity contribution < 1.29 is 24.2 Å². The number of likely N-dealkylation sites (tertiary alicyclic amines) is 1. The number of carbonyl (C=O) groups excluding carboxylic acids is 3. The predicted molar refractivity (Wildman–Crippen MR) is 166 cm³/mol. The molecule has 2 amide bonds. The van der Waals surface area contributed by atoms with E-state index < -0.39 is 39.4 Å². The van der Waals surface area contributed by atoms with E-state index >= 15 is 0 Å². The van der Waals surface area contributed by atoms with Gasteiger partial charge in [0.25, 0.3) is 5.91 Å². The van der Waals surface area contributed by atoms with Crippen LogP contribution in [0.1, 0.15) is 44.2 Å². The van der Waals surface area contributed by atoms with Crippen molar-refractivity contribution in [3.05, 3.63) is 90.5 Å². The Bertz CT molecular complexity index is 1370. The second kappa shape index (κ2) is 12.3. The molecule has 0 radical (unpaired) electrons. The second-order valence-corrected chi connectivity index (χ2v) is 13.7. The molecular formula is C33H37ClN2O5S. The number of ether oxygens (including phenoxy) is 1. The number of fused-ring (bicyclic) bond motifs is 1. The summed E-state index contributed by atoms with van der Waals surface area (Å²) in [6.07, 6.45) is 6.01. The van der Waals surface area contributed by atoms with Crippen LogP contribution in [0.4, 0.5) is 5.69 Å². The first kappa shape index (κ1) is 30.4. The van der Waals surface area contributed by atoms with E-state index in [0.29, 0.717) is 35.5 Å². The number of amides is 2. The van der Waals surface area contributed by atoms with Crippen LogP contribution in [-0.4, -0.2) is 63.1 Å². The van der Waals surface area contributed by atoms with Crippen LogP contribution in [0, 0.1) is 11.8 Å². The van der Waals surface area contributed by atoms with Crippen molar-refractivity contribution in [3.8, 4) is 0 Å². The van der Waals surface area contributed by atoms with Gasteiger partial charge in [0.05, 0.1) is 46.5 Å². The van der Waals surface area contributed by atoms with Gasteiger partial charge in [0.15, 0.2) is 0 Å². The third kappa shape index (κ3) is 4.97. The molecule has 2 aromatic carbocycles. The fourth-order valence-corrected chi connectivity index (χ4v) is 9.67. The topological polar surface area (TPSA) is 87.1 Å². The fraction of sp³-hybridized carbons (Fsp3) is 0.424. The summed E-state index contributed by atoms with van der Waals surface area (Å²) in [4.78, 5) is 46.3. The number of esters is 1. The highest BCUT2D eigenvalue weighted by Gasteiger charge is 2.78. The quantitative estimate of drug-likeness (QED) is 0.192. The number of allylic oxidation sites excluding steroid dienone is 1. The van der Waals surface area contributed by atoms with Crippen molar-refractivity contribution in [2.45, 2.75) is 54.2 Å². The first-order chi connectivity index (χ1) is 20.2. The van der Waals surface area contributed by atoms with E-state index in [1.54, 1.807) is 58.0 Å². The highest BCUT2D eigenvalue weighted by molar-refractivity contribution is 8.02. The van der Waals surface area contributed by atoms with Crippen LogP contribution in [0.3, 0.4) is 0 Å². The number of hydrogen-bond donors (Lipinski definition) is 1. The van der Waals surface area contributed by atoms with Crippen molar-refractivity contribution in [1.82, 2.24) is 4.90 Å². The molecule has 3 saturated heterocycles. The summed E-state index contributed by atoms with van der Waals surface area (Å²) in [5, 5.41) is 11.1. The Balaban J connectivity index is 1.62. The second-order valence-electron chi connectivity index (χ2n) is 11.4. The SMILES string of the molecule is C=CCCCOC(=O)[C@@H]1[C@H]2C(=O)N([C@H](CO)c3ccccc3)C(C(=O)N(CC=C)c3ccccc3Cl)C23CC[C@@]1(C)S3. The van der Waals surface area contributed by atoms with Crippen molar-refractivity contribution in [3.63, 3.8) is 0 Å². The molecule has 7 nitrogen and oxygen atoms in total. The van der Waals surface area contributed by atoms with Crippen LogP contribution in [0.25, 0.3) is 0 Å². The van der Waals surface area contributed by atoms with Gasteiger partial charge in [-0.15, -0.1) is 24.9 Å². The minimum Gasteiger partial charge on any atom is -0.465 e. The molecule has 2 aromatic rings. The number of benzene rings is 2. The number of hydrogen-bond acceptors (Lipinski definition) is 6. The molecular weight excluding hydrogens is 572 g/mol. The lowest BCUT2D eigenvalue weighted by atomic mass is 9.66. The Kier molecular flexibility index (Phi) is 8.88. The Hall–Kier alpha value is -3.07. The van der Waals surface area contributed by atoms with Gasteiger partial charge in [-0.05, 0) is 50.3 Å². The molecule has 3 heterocycles. The highest BCUT2D eigenvalue weighted by Crippen LogP contribution is 2.72. The van der Waals surface area contributed by atoms with E-state index in [0.717, 1.165) is 6.42 Å². The lowest BCUT2D eigenvalue weighted by Gasteiger charge is -2.40. The van der Waals surface area contributed by atoms with Gasteiger partial charge in [-0.3, -0.25) is 14.4 Å². The van der Waals surface area contributed by atoms with Crippen LogP contribution in [0.15, 0.2) is 79.9 Å². The number of rotatable bonds is 12. The van der Waals surface area contributed by atoms with Crippen LogP contribution in [-0.2, 0) is 19.1 Å². The summed E-state index contributed by atoms with van der Waals surface area (Å²) in [6, 6.07) is 14.6. The van der Waals surface area contributed by atoms with Crippen LogP contribution >= 0.6 is 23.4 Å². The third-order valence-electron chi connectivity index (χ3n) is 8.91. The Morgan fingerprint density at radius 1 is 1.17 bits per heavy atom. The largest absolute Gasteiger partial charge is 0.465 e. The van der Waals surface area contributed by atoms with E-state index in [9.17, 15) is 19.5 Å². The van der Waals surface area contributed by atoms with Crippen molar-refractivity contribution >= 4 is 46.8 Å². The molecule has 0 aromatic heterocycles. The van der Waals surface area contributed by atoms with E-state index in [2.05, 4.69) is 13.2 Å². The average Bonchev–Trinajstić information content (AvgIpc) is 3.56. The third-order valence-corrected chi connectivity index (χ3v) is 11.2. The van der Waals surface area contributed by atoms with E-state index in [1.165, 1.54) is 0 Å². The molecule has 1 spiro atoms. The number of anilines is 1. The number of halogens is 1. The number of unbranched alkanes of at least 4 members (excludes halogenated alkanes) is 1. The molecule has 5 rings (SSSR count). The summed E-state index contributed by atoms with van der Waals surface area (Å²) in [5.41, 5.74) is 1.23. The number of para-hydroxylation sites is 1. The summed E-state index contributed by atoms with van der Waals surface area (Å²) in [7, 11) is 0. The molecule has 0 aliphatic carbocycles. The highest BCUT2D eigenvalue weighted by atomic mass is 35.5. The maximum absolute atomic E-state index is 14.9. The first-order valence-corrected chi connectivity index (χ1v) is 15.6. The van der Waals surface area contributed by atoms with Crippen molar-refractivity contribution in [2.24, 2.45) is 11.8 Å². The number of aliphatic hydroxyl groups excluding tert-OH is 1. The molecule has 42 heavy (non-hydrogen) atoms. The molecule has 3 fully saturated rings. The number of nitrogens with zero attached hydrogens (tertiary/aromatic N) is 2. The Morgan fingerprint density at radius 3 is 2.55 bits per heavy atom. The van der Waals surface area contributed by atoms with Gasteiger partial charge in [0.2, 0.25) is 5.91 Å². The molecule has 2 unspecified atom stereocenters. The zero-order valence-electron chi connectivity index (χ0n) is 23.8. The van der Waals surface area contributed by atoms with Crippen molar-refractivity contribution in [1.29, 1.82) is 0 Å². The first-order valence-electron chi connectivity index (χ1n) is 14.4. The van der Waals surface area contributed by atoms with E-state index in [-0.39, 0.29) is 31.6 Å². The van der Waals surface area contributed by atoms with Crippen molar-refractivity contribution in [2.75, 3.05) is 24.7 Å². The van der Waals surface area contributed by atoms with Gasteiger partial charge in [0, 0.05) is 11.3 Å². The normalized spacial score (nSPS) is 28.3. The molecule has 2 bridgehead atoms. The van der Waals surface area contributed by atoms with Gasteiger partial charge < -0.3 is 19.6 Å². The van der Waals surface area contributed by atoms with Gasteiger partial charge in [-0.25, -0.2) is 0 Å². The lowest BCUT2D eigenvalue weighted by Crippen LogP contribution is -2.56. The minimum absolute atomic E-state index is 0.174. The predicted octanol–water partition coefficient (Wildman–Crippen LogP) is 5.58. The fourth-order valence-electron chi connectivity index (χ4n) is 7.11. The molecule has 3 aliphatic rings. The summed E-state index contributed by atoms with van der Waals surface area (Å²) >= 11 is 8.15. The van der Waals surface area contributed by atoms with Crippen LogP contribution in [0.5, 0.6) is 0 Å². The Labute approximate surface area is 256 Å². The zero-order chi connectivity index (χ0) is 30.1. The molecule has 9 heteroatoms. The van der Waals surface area contributed by atoms with Gasteiger partial charge in [0.1, 0.15) is 6.04 Å². The standard InChI is InChI=1S/C33H37ClN2O5S/c1-4-6-12-20-41-31(40)27-26-29(38)36(25(21-37)22-13-8-7-9-14-22)28(33(26)18-17-32(27,3)42-33)30(39)35(19-5-2)24-16-11-10-15-23(24)34/h4-5,7-11,13-16,25-28,37H,1-2,6,12,17-21H2,3H3/t25-,26+,27+,28?,32-,33?/m1/s1. The monoisotopic (exact) mass is 608 g/mol.